The topological polar surface area (TPSA) is 87.2 Å². The minimum absolute atomic E-state index is 0.564. The van der Waals surface area contributed by atoms with E-state index in [0.717, 1.165) is 42.6 Å². The molecule has 7 heteroatoms. The Labute approximate surface area is 122 Å². The molecular weight excluding hydrogens is 268 g/mol. The maximum Gasteiger partial charge on any atom is 0.191 e. The molecule has 2 aromatic rings. The molecule has 7 nitrogen and oxygen atoms in total. The van der Waals surface area contributed by atoms with E-state index in [-0.39, 0.29) is 0 Å². The molecule has 3 N–H and O–H groups in total. The lowest BCUT2D eigenvalue weighted by molar-refractivity contribution is 0.415. The fourth-order valence-electron chi connectivity index (χ4n) is 2.06. The maximum absolute atomic E-state index is 5.14. The van der Waals surface area contributed by atoms with Gasteiger partial charge in [-0.15, -0.1) is 0 Å². The van der Waals surface area contributed by atoms with E-state index in [9.17, 15) is 0 Å². The zero-order valence-corrected chi connectivity index (χ0v) is 11.9. The predicted molar refractivity (Wildman–Crippen MR) is 80.1 cm³/mol. The molecule has 2 heterocycles. The number of nitrogens with one attached hydrogen (secondary N) is 3. The first-order chi connectivity index (χ1) is 10.3. The Balaban J connectivity index is 1.63. The zero-order valence-electron chi connectivity index (χ0n) is 11.9. The molecule has 1 aliphatic heterocycles. The number of methoxy groups -OCH3 is 1. The lowest BCUT2D eigenvalue weighted by Crippen LogP contribution is -2.40. The molecule has 1 aromatic heterocycles. The molecule has 0 spiro atoms. The normalized spacial score (nSPS) is 14.2. The van der Waals surface area contributed by atoms with Crippen LogP contribution in [0.25, 0.3) is 11.4 Å². The smallest absolute Gasteiger partial charge is 0.191 e. The van der Waals surface area contributed by atoms with Crippen molar-refractivity contribution in [2.45, 2.75) is 13.0 Å². The van der Waals surface area contributed by atoms with Crippen LogP contribution < -0.4 is 15.4 Å². The van der Waals surface area contributed by atoms with Gasteiger partial charge in [0.2, 0.25) is 0 Å². The summed E-state index contributed by atoms with van der Waals surface area (Å²) < 4.78 is 5.14. The van der Waals surface area contributed by atoms with Gasteiger partial charge in [-0.2, -0.15) is 5.10 Å². The minimum Gasteiger partial charge on any atom is -0.497 e. The number of ether oxygens (including phenoxy) is 1. The molecule has 0 saturated heterocycles. The molecular formula is C14H18N6O. The third-order valence-corrected chi connectivity index (χ3v) is 3.20. The maximum atomic E-state index is 5.14. The summed E-state index contributed by atoms with van der Waals surface area (Å²) in [5.74, 6) is 3.09. The molecule has 110 valence electrons. The summed E-state index contributed by atoms with van der Waals surface area (Å²) in [6.45, 7) is 2.39. The average molecular weight is 286 g/mol. The number of nitrogens with zero attached hydrogens (tertiary/aromatic N) is 3. The van der Waals surface area contributed by atoms with E-state index in [1.807, 2.05) is 24.3 Å². The SMILES string of the molecule is COc1ccc(-c2n[nH]c(CNC3=NCCCN3)n2)cc1. The number of aromatic nitrogens is 3. The minimum atomic E-state index is 0.564. The quantitative estimate of drug-likeness (QED) is 0.778. The van der Waals surface area contributed by atoms with Crippen molar-refractivity contribution in [3.8, 4) is 17.1 Å². The van der Waals surface area contributed by atoms with Crippen molar-refractivity contribution in [3.63, 3.8) is 0 Å². The Morgan fingerprint density at radius 3 is 2.86 bits per heavy atom. The van der Waals surface area contributed by atoms with Crippen LogP contribution in [-0.2, 0) is 6.54 Å². The van der Waals surface area contributed by atoms with Gasteiger partial charge in [0.25, 0.3) is 0 Å². The molecule has 0 atom stereocenters. The van der Waals surface area contributed by atoms with Crippen LogP contribution in [0.2, 0.25) is 0 Å². The van der Waals surface area contributed by atoms with E-state index in [4.69, 9.17) is 4.74 Å². The van der Waals surface area contributed by atoms with Crippen LogP contribution in [0.3, 0.4) is 0 Å². The average Bonchev–Trinajstić information content (AvgIpc) is 3.03. The third-order valence-electron chi connectivity index (χ3n) is 3.20. The number of H-pyrrole nitrogens is 1. The van der Waals surface area contributed by atoms with Gasteiger partial charge in [0.1, 0.15) is 11.6 Å². The van der Waals surface area contributed by atoms with Crippen molar-refractivity contribution in [1.29, 1.82) is 0 Å². The highest BCUT2D eigenvalue weighted by Gasteiger charge is 2.08. The number of rotatable bonds is 4. The summed E-state index contributed by atoms with van der Waals surface area (Å²) >= 11 is 0. The standard InChI is InChI=1S/C14H18N6O/c1-21-11-5-3-10(4-6-11)13-18-12(19-20-13)9-17-14-15-7-2-8-16-14/h3-6H,2,7-9H2,1H3,(H2,15,16,17)(H,18,19,20). The van der Waals surface area contributed by atoms with Gasteiger partial charge in [-0.1, -0.05) is 0 Å². The first-order valence-electron chi connectivity index (χ1n) is 6.93. The largest absolute Gasteiger partial charge is 0.497 e. The first-order valence-corrected chi connectivity index (χ1v) is 6.93. The number of hydrogen-bond donors (Lipinski definition) is 3. The van der Waals surface area contributed by atoms with E-state index in [1.165, 1.54) is 0 Å². The van der Waals surface area contributed by atoms with Crippen LogP contribution in [0, 0.1) is 0 Å². The fraction of sp³-hybridized carbons (Fsp3) is 0.357. The highest BCUT2D eigenvalue weighted by Crippen LogP contribution is 2.18. The van der Waals surface area contributed by atoms with E-state index in [2.05, 4.69) is 30.8 Å². The molecule has 1 aromatic carbocycles. The van der Waals surface area contributed by atoms with Crippen molar-refractivity contribution in [1.82, 2.24) is 25.8 Å². The van der Waals surface area contributed by atoms with E-state index >= 15 is 0 Å². The Morgan fingerprint density at radius 2 is 2.14 bits per heavy atom. The molecule has 0 saturated carbocycles. The molecule has 21 heavy (non-hydrogen) atoms. The van der Waals surface area contributed by atoms with Crippen LogP contribution in [0.5, 0.6) is 5.75 Å². The summed E-state index contributed by atoms with van der Waals surface area (Å²) in [5, 5.41) is 13.6. The van der Waals surface area contributed by atoms with Gasteiger partial charge in [0.15, 0.2) is 11.8 Å². The predicted octanol–water partition coefficient (Wildman–Crippen LogP) is 0.919. The molecule has 0 bridgehead atoms. The lowest BCUT2D eigenvalue weighted by Gasteiger charge is -2.14. The zero-order chi connectivity index (χ0) is 14.5. The molecule has 3 rings (SSSR count). The van der Waals surface area contributed by atoms with Crippen LogP contribution in [0.4, 0.5) is 0 Å². The second-order valence-corrected chi connectivity index (χ2v) is 4.70. The third kappa shape index (κ3) is 3.31. The van der Waals surface area contributed by atoms with Crippen molar-refractivity contribution in [2.75, 3.05) is 20.2 Å². The van der Waals surface area contributed by atoms with Gasteiger partial charge in [-0.3, -0.25) is 10.1 Å². The molecule has 0 aliphatic carbocycles. The monoisotopic (exact) mass is 286 g/mol. The van der Waals surface area contributed by atoms with Gasteiger partial charge in [0, 0.05) is 18.7 Å². The summed E-state index contributed by atoms with van der Waals surface area (Å²) in [6.07, 6.45) is 1.08. The van der Waals surface area contributed by atoms with Crippen LogP contribution in [-0.4, -0.2) is 41.3 Å². The van der Waals surface area contributed by atoms with Gasteiger partial charge in [-0.05, 0) is 30.7 Å². The van der Waals surface area contributed by atoms with Crippen LogP contribution >= 0.6 is 0 Å². The highest BCUT2D eigenvalue weighted by atomic mass is 16.5. The van der Waals surface area contributed by atoms with E-state index in [1.54, 1.807) is 7.11 Å². The number of aromatic amines is 1. The van der Waals surface area contributed by atoms with Crippen molar-refractivity contribution >= 4 is 5.96 Å². The number of aliphatic imine (C=N–C) groups is 1. The Morgan fingerprint density at radius 1 is 1.29 bits per heavy atom. The van der Waals surface area contributed by atoms with Crippen LogP contribution in [0.15, 0.2) is 29.3 Å². The Hall–Kier alpha value is -2.57. The van der Waals surface area contributed by atoms with E-state index in [0.29, 0.717) is 12.4 Å². The molecule has 0 fully saturated rings. The number of guanidine groups is 1. The fourth-order valence-corrected chi connectivity index (χ4v) is 2.06. The second-order valence-electron chi connectivity index (χ2n) is 4.70. The summed E-state index contributed by atoms with van der Waals surface area (Å²) in [6, 6.07) is 7.66. The van der Waals surface area contributed by atoms with Crippen LogP contribution in [0.1, 0.15) is 12.2 Å². The highest BCUT2D eigenvalue weighted by molar-refractivity contribution is 5.80. The molecule has 1 aliphatic rings. The number of hydrogen-bond acceptors (Lipinski definition) is 6. The first kappa shape index (κ1) is 13.4. The summed E-state index contributed by atoms with van der Waals surface area (Å²) in [4.78, 5) is 8.81. The summed E-state index contributed by atoms with van der Waals surface area (Å²) in [7, 11) is 1.65. The van der Waals surface area contributed by atoms with Gasteiger partial charge < -0.3 is 15.4 Å². The van der Waals surface area contributed by atoms with E-state index < -0.39 is 0 Å². The Kier molecular flexibility index (Phi) is 3.99. The van der Waals surface area contributed by atoms with Gasteiger partial charge in [-0.25, -0.2) is 4.98 Å². The molecule has 0 amide bonds. The van der Waals surface area contributed by atoms with Gasteiger partial charge in [0.05, 0.1) is 13.7 Å². The molecule has 0 unspecified atom stereocenters. The van der Waals surface area contributed by atoms with Gasteiger partial charge >= 0.3 is 0 Å². The number of benzene rings is 1. The second kappa shape index (κ2) is 6.25. The Bertz CT molecular complexity index is 619. The molecule has 0 radical (unpaired) electrons. The van der Waals surface area contributed by atoms with Crippen molar-refractivity contribution < 1.29 is 4.74 Å². The van der Waals surface area contributed by atoms with Crippen molar-refractivity contribution in [2.24, 2.45) is 4.99 Å². The summed E-state index contributed by atoms with van der Waals surface area (Å²) in [5.41, 5.74) is 0.950. The lowest BCUT2D eigenvalue weighted by atomic mass is 10.2. The van der Waals surface area contributed by atoms with Crippen molar-refractivity contribution in [3.05, 3.63) is 30.1 Å².